The Labute approximate surface area is 449 Å². The highest BCUT2D eigenvalue weighted by atomic mass is 15.0. The number of aromatic nitrogens is 2. The van der Waals surface area contributed by atoms with Crippen molar-refractivity contribution in [3.63, 3.8) is 0 Å². The number of benzene rings is 12. The highest BCUT2D eigenvalue weighted by molar-refractivity contribution is 6.14. The summed E-state index contributed by atoms with van der Waals surface area (Å²) in [5.74, 6) is 0. The minimum Gasteiger partial charge on any atom is -0.309 e. The zero-order chi connectivity index (χ0) is 51.2. The lowest BCUT2D eigenvalue weighted by Gasteiger charge is -2.22. The number of rotatable bonds is 8. The first-order valence-corrected chi connectivity index (χ1v) is 26.8. The van der Waals surface area contributed by atoms with Crippen LogP contribution in [0.1, 0.15) is 25.0 Å². The molecule has 362 valence electrons. The summed E-state index contributed by atoms with van der Waals surface area (Å²) >= 11 is 0. The predicted octanol–water partition coefficient (Wildman–Crippen LogP) is 20.2. The Morgan fingerprint density at radius 1 is 0.221 bits per heavy atom. The van der Waals surface area contributed by atoms with Crippen LogP contribution in [0, 0.1) is 0 Å². The van der Waals surface area contributed by atoms with Crippen molar-refractivity contribution in [3.05, 3.63) is 290 Å². The van der Waals surface area contributed by atoms with Crippen LogP contribution in [-0.4, -0.2) is 9.13 Å². The first kappa shape index (κ1) is 44.7. The Bertz CT molecular complexity index is 4610. The van der Waals surface area contributed by atoms with Gasteiger partial charge >= 0.3 is 0 Å². The van der Waals surface area contributed by atoms with Crippen molar-refractivity contribution in [1.29, 1.82) is 0 Å². The molecule has 0 fully saturated rings. The first-order chi connectivity index (χ1) is 37.9. The maximum Gasteiger partial charge on any atom is 0.0541 e. The fourth-order valence-electron chi connectivity index (χ4n) is 12.6. The fourth-order valence-corrected chi connectivity index (χ4v) is 12.6. The third kappa shape index (κ3) is 7.40. The summed E-state index contributed by atoms with van der Waals surface area (Å²) in [5, 5.41) is 4.90. The Balaban J connectivity index is 0.863. The molecule has 0 bridgehead atoms. The molecule has 2 aromatic heterocycles. The molecule has 12 aromatic carbocycles. The molecule has 0 spiro atoms. The van der Waals surface area contributed by atoms with Gasteiger partial charge in [0.1, 0.15) is 0 Å². The average Bonchev–Trinajstić information content (AvgIpc) is 4.23. The van der Waals surface area contributed by atoms with Crippen molar-refractivity contribution in [2.24, 2.45) is 0 Å². The Morgan fingerprint density at radius 3 is 1.06 bits per heavy atom. The van der Waals surface area contributed by atoms with Crippen molar-refractivity contribution in [2.45, 2.75) is 19.3 Å². The van der Waals surface area contributed by atoms with Gasteiger partial charge in [0.25, 0.3) is 0 Å². The molecule has 0 radical (unpaired) electrons. The molecule has 2 nitrogen and oxygen atoms in total. The molecule has 0 amide bonds. The van der Waals surface area contributed by atoms with Gasteiger partial charge in [-0.05, 0) is 174 Å². The molecular weight excluding hydrogens is 929 g/mol. The van der Waals surface area contributed by atoms with Gasteiger partial charge in [-0.2, -0.15) is 0 Å². The number of hydrogen-bond acceptors (Lipinski definition) is 0. The second kappa shape index (κ2) is 17.7. The second-order valence-electron chi connectivity index (χ2n) is 21.3. The third-order valence-electron chi connectivity index (χ3n) is 16.5. The lowest BCUT2D eigenvalue weighted by atomic mass is 9.81. The monoisotopic (exact) mass is 980 g/mol. The molecule has 2 heteroatoms. The molecule has 77 heavy (non-hydrogen) atoms. The summed E-state index contributed by atoms with van der Waals surface area (Å²) in [4.78, 5) is 0. The molecule has 2 heterocycles. The van der Waals surface area contributed by atoms with Gasteiger partial charge in [-0.25, -0.2) is 0 Å². The zero-order valence-corrected chi connectivity index (χ0v) is 43.0. The molecule has 14 aromatic rings. The quantitative estimate of drug-likeness (QED) is 0.144. The van der Waals surface area contributed by atoms with Gasteiger partial charge in [0.2, 0.25) is 0 Å². The van der Waals surface area contributed by atoms with E-state index in [4.69, 9.17) is 0 Å². The molecule has 0 unspecified atom stereocenters. The Kier molecular flexibility index (Phi) is 10.3. The lowest BCUT2D eigenvalue weighted by molar-refractivity contribution is 0.660. The summed E-state index contributed by atoms with van der Waals surface area (Å²) in [5.41, 5.74) is 26.8. The van der Waals surface area contributed by atoms with Crippen molar-refractivity contribution >= 4 is 43.6 Å². The summed E-state index contributed by atoms with van der Waals surface area (Å²) < 4.78 is 4.90. The zero-order valence-electron chi connectivity index (χ0n) is 43.0. The molecule has 0 saturated heterocycles. The van der Waals surface area contributed by atoms with Gasteiger partial charge in [0, 0.05) is 38.3 Å². The average molecular weight is 981 g/mol. The minimum atomic E-state index is -0.0724. The van der Waals surface area contributed by atoms with Crippen molar-refractivity contribution in [1.82, 2.24) is 9.13 Å². The standard InChI is InChI=1S/C75H52N2/c1-75(2)69-27-13-12-26-63(69)64-37-30-60(48-70(64)75)55-24-15-25-62(43-55)77-73-39-32-57(51-20-10-5-11-21-51)45-66(73)68-47-59(34-41-74(68)77)58-33-40-72-67(46-58)65-44-56(50-18-8-4-9-19-50)31-38-71(65)76(72)61-35-28-52(29-36-61)54-23-14-22-53(42-54)49-16-6-3-7-17-49/h3-48H,1-2H3. The third-order valence-corrected chi connectivity index (χ3v) is 16.5. The predicted molar refractivity (Wildman–Crippen MR) is 325 cm³/mol. The normalized spacial score (nSPS) is 12.6. The van der Waals surface area contributed by atoms with Gasteiger partial charge in [0.15, 0.2) is 0 Å². The molecule has 0 aliphatic heterocycles. The van der Waals surface area contributed by atoms with Gasteiger partial charge in [-0.15, -0.1) is 0 Å². The van der Waals surface area contributed by atoms with Crippen LogP contribution in [0.2, 0.25) is 0 Å². The largest absolute Gasteiger partial charge is 0.309 e. The molecule has 15 rings (SSSR count). The van der Waals surface area contributed by atoms with E-state index in [1.807, 2.05) is 0 Å². The first-order valence-electron chi connectivity index (χ1n) is 26.8. The summed E-state index contributed by atoms with van der Waals surface area (Å²) in [6.07, 6.45) is 0. The second-order valence-corrected chi connectivity index (χ2v) is 21.3. The van der Waals surface area contributed by atoms with E-state index in [0.29, 0.717) is 0 Å². The van der Waals surface area contributed by atoms with Crippen LogP contribution in [0.25, 0.3) is 133 Å². The Hall–Kier alpha value is -9.76. The smallest absolute Gasteiger partial charge is 0.0541 e. The molecule has 0 saturated carbocycles. The van der Waals surface area contributed by atoms with E-state index in [-0.39, 0.29) is 5.41 Å². The highest BCUT2D eigenvalue weighted by Gasteiger charge is 2.35. The van der Waals surface area contributed by atoms with Crippen LogP contribution in [0.15, 0.2) is 279 Å². The van der Waals surface area contributed by atoms with Crippen LogP contribution in [0.3, 0.4) is 0 Å². The van der Waals surface area contributed by atoms with E-state index in [1.165, 1.54) is 133 Å². The van der Waals surface area contributed by atoms with E-state index in [9.17, 15) is 0 Å². The lowest BCUT2D eigenvalue weighted by Crippen LogP contribution is -2.14. The summed E-state index contributed by atoms with van der Waals surface area (Å²) in [6, 6.07) is 103. The molecule has 0 atom stereocenters. The van der Waals surface area contributed by atoms with Crippen molar-refractivity contribution < 1.29 is 0 Å². The molecular formula is C75H52N2. The van der Waals surface area contributed by atoms with E-state index in [0.717, 1.165) is 11.4 Å². The van der Waals surface area contributed by atoms with Crippen LogP contribution < -0.4 is 0 Å². The van der Waals surface area contributed by atoms with Crippen LogP contribution in [-0.2, 0) is 5.41 Å². The van der Waals surface area contributed by atoms with Crippen molar-refractivity contribution in [2.75, 3.05) is 0 Å². The maximum atomic E-state index is 2.47. The molecule has 1 aliphatic carbocycles. The number of fused-ring (bicyclic) bond motifs is 9. The van der Waals surface area contributed by atoms with E-state index >= 15 is 0 Å². The Morgan fingerprint density at radius 2 is 0.558 bits per heavy atom. The van der Waals surface area contributed by atoms with E-state index < -0.39 is 0 Å². The highest BCUT2D eigenvalue weighted by Crippen LogP contribution is 2.50. The molecule has 1 aliphatic rings. The minimum absolute atomic E-state index is 0.0724. The van der Waals surface area contributed by atoms with Crippen LogP contribution in [0.4, 0.5) is 0 Å². The summed E-state index contributed by atoms with van der Waals surface area (Å²) in [7, 11) is 0. The van der Waals surface area contributed by atoms with Gasteiger partial charge < -0.3 is 9.13 Å². The van der Waals surface area contributed by atoms with Gasteiger partial charge in [-0.1, -0.05) is 208 Å². The van der Waals surface area contributed by atoms with Crippen molar-refractivity contribution in [3.8, 4) is 89.3 Å². The molecule has 0 N–H and O–H groups in total. The van der Waals surface area contributed by atoms with Gasteiger partial charge in [0.05, 0.1) is 22.1 Å². The van der Waals surface area contributed by atoms with E-state index in [1.54, 1.807) is 0 Å². The van der Waals surface area contributed by atoms with Crippen LogP contribution >= 0.6 is 0 Å². The van der Waals surface area contributed by atoms with Gasteiger partial charge in [-0.3, -0.25) is 0 Å². The van der Waals surface area contributed by atoms with E-state index in [2.05, 4.69) is 302 Å². The maximum absolute atomic E-state index is 2.47. The summed E-state index contributed by atoms with van der Waals surface area (Å²) in [6.45, 7) is 4.72. The SMILES string of the molecule is CC1(C)c2ccccc2-c2ccc(-c3cccc(-n4c5ccc(-c6ccccc6)cc5c5cc(-c6ccc7c(c6)c6cc(-c8ccccc8)ccc6n7-c6ccc(-c7cccc(-c8ccccc8)c7)cc6)ccc54)c3)cc21. The number of nitrogens with zero attached hydrogens (tertiary/aromatic N) is 2. The topological polar surface area (TPSA) is 9.86 Å². The fraction of sp³-hybridized carbons (Fsp3) is 0.0400. The van der Waals surface area contributed by atoms with Crippen LogP contribution in [0.5, 0.6) is 0 Å². The number of hydrogen-bond donors (Lipinski definition) is 0.